The second kappa shape index (κ2) is 5.84. The van der Waals surface area contributed by atoms with Gasteiger partial charge in [-0.1, -0.05) is 0 Å². The Morgan fingerprint density at radius 1 is 1.11 bits per heavy atom. The van der Waals surface area contributed by atoms with Gasteiger partial charge in [0.15, 0.2) is 17.3 Å². The van der Waals surface area contributed by atoms with Gasteiger partial charge in [0.05, 0.1) is 14.2 Å². The molecule has 0 aliphatic rings. The van der Waals surface area contributed by atoms with Crippen LogP contribution in [-0.2, 0) is 0 Å². The zero-order valence-corrected chi connectivity index (χ0v) is 12.1. The lowest BCUT2D eigenvalue weighted by molar-refractivity contribution is 0.103. The van der Waals surface area contributed by atoms with Crippen LogP contribution in [0.3, 0.4) is 0 Å². The molecule has 0 saturated heterocycles. The van der Waals surface area contributed by atoms with E-state index in [-0.39, 0.29) is 5.78 Å². The van der Waals surface area contributed by atoms with Crippen molar-refractivity contribution in [1.29, 1.82) is 0 Å². The fourth-order valence-corrected chi connectivity index (χ4v) is 2.19. The van der Waals surface area contributed by atoms with E-state index in [1.54, 1.807) is 43.8 Å². The summed E-state index contributed by atoms with van der Waals surface area (Å²) in [5, 5.41) is 0. The summed E-state index contributed by atoms with van der Waals surface area (Å²) < 4.78 is 11.0. The minimum Gasteiger partial charge on any atom is -0.493 e. The molecule has 0 atom stereocenters. The summed E-state index contributed by atoms with van der Waals surface area (Å²) in [6, 6.07) is 6.72. The number of benzene rings is 1. The molecule has 19 heavy (non-hydrogen) atoms. The van der Waals surface area contributed by atoms with Gasteiger partial charge in [0.1, 0.15) is 0 Å². The van der Waals surface area contributed by atoms with Gasteiger partial charge in [-0.15, -0.1) is 0 Å². The summed E-state index contributed by atoms with van der Waals surface area (Å²) in [5.74, 6) is 0.985. The third-order valence-electron chi connectivity index (χ3n) is 2.66. The van der Waals surface area contributed by atoms with Gasteiger partial charge in [-0.25, -0.2) is 0 Å². The zero-order chi connectivity index (χ0) is 13.8. The largest absolute Gasteiger partial charge is 0.493 e. The van der Waals surface area contributed by atoms with Gasteiger partial charge in [-0.05, 0) is 40.2 Å². The second-order valence-corrected chi connectivity index (χ2v) is 4.61. The van der Waals surface area contributed by atoms with Crippen molar-refractivity contribution >= 4 is 21.7 Å². The molecule has 0 aliphatic carbocycles. The Kier molecular flexibility index (Phi) is 4.16. The highest BCUT2D eigenvalue weighted by molar-refractivity contribution is 9.10. The zero-order valence-electron chi connectivity index (χ0n) is 10.5. The highest BCUT2D eigenvalue weighted by Crippen LogP contribution is 2.34. The predicted octanol–water partition coefficient (Wildman–Crippen LogP) is 3.09. The summed E-state index contributed by atoms with van der Waals surface area (Å²) in [4.78, 5) is 16.3. The average molecular weight is 322 g/mol. The van der Waals surface area contributed by atoms with E-state index in [0.29, 0.717) is 27.1 Å². The van der Waals surface area contributed by atoms with Crippen LogP contribution >= 0.6 is 15.9 Å². The number of rotatable bonds is 4. The molecule has 1 heterocycles. The van der Waals surface area contributed by atoms with E-state index in [0.717, 1.165) is 0 Å². The van der Waals surface area contributed by atoms with Crippen LogP contribution in [0, 0.1) is 0 Å². The van der Waals surface area contributed by atoms with Gasteiger partial charge in [-0.2, -0.15) is 0 Å². The smallest absolute Gasteiger partial charge is 0.194 e. The number of hydrogen-bond donors (Lipinski definition) is 0. The molecule has 0 N–H and O–H groups in total. The van der Waals surface area contributed by atoms with E-state index in [2.05, 4.69) is 20.9 Å². The quantitative estimate of drug-likeness (QED) is 0.812. The first-order chi connectivity index (χ1) is 9.17. The highest BCUT2D eigenvalue weighted by atomic mass is 79.9. The third-order valence-corrected chi connectivity index (χ3v) is 3.32. The molecule has 0 fully saturated rings. The number of hydrogen-bond acceptors (Lipinski definition) is 4. The van der Waals surface area contributed by atoms with Crippen molar-refractivity contribution in [1.82, 2.24) is 4.98 Å². The molecule has 2 rings (SSSR count). The summed E-state index contributed by atoms with van der Waals surface area (Å²) in [6.45, 7) is 0. The number of halogens is 1. The van der Waals surface area contributed by atoms with Crippen LogP contribution in [0.25, 0.3) is 0 Å². The van der Waals surface area contributed by atoms with Crippen molar-refractivity contribution in [2.24, 2.45) is 0 Å². The van der Waals surface area contributed by atoms with Gasteiger partial charge in [0, 0.05) is 28.0 Å². The lowest BCUT2D eigenvalue weighted by atomic mass is 10.0. The normalized spacial score (nSPS) is 10.1. The van der Waals surface area contributed by atoms with Crippen molar-refractivity contribution in [3.8, 4) is 11.5 Å². The molecule has 98 valence electrons. The number of methoxy groups -OCH3 is 2. The molecule has 5 heteroatoms. The number of pyridine rings is 1. The van der Waals surface area contributed by atoms with E-state index in [1.165, 1.54) is 7.11 Å². The lowest BCUT2D eigenvalue weighted by Gasteiger charge is -2.11. The van der Waals surface area contributed by atoms with Crippen LogP contribution in [-0.4, -0.2) is 25.0 Å². The van der Waals surface area contributed by atoms with Crippen LogP contribution < -0.4 is 9.47 Å². The molecule has 1 aromatic heterocycles. The molecule has 4 nitrogen and oxygen atoms in total. The SMILES string of the molecule is COc1cc(Br)c(C(=O)c2ccncc2)cc1OC. The van der Waals surface area contributed by atoms with Crippen LogP contribution in [0.5, 0.6) is 11.5 Å². The Morgan fingerprint density at radius 2 is 1.68 bits per heavy atom. The van der Waals surface area contributed by atoms with Crippen molar-refractivity contribution < 1.29 is 14.3 Å². The van der Waals surface area contributed by atoms with Gasteiger partial charge in [0.2, 0.25) is 0 Å². The van der Waals surface area contributed by atoms with Crippen LogP contribution in [0.2, 0.25) is 0 Å². The van der Waals surface area contributed by atoms with E-state index in [1.807, 2.05) is 0 Å². The second-order valence-electron chi connectivity index (χ2n) is 3.75. The predicted molar refractivity (Wildman–Crippen MR) is 74.9 cm³/mol. The Hall–Kier alpha value is -1.88. The number of ketones is 1. The minimum absolute atomic E-state index is 0.102. The van der Waals surface area contributed by atoms with Gasteiger partial charge < -0.3 is 9.47 Å². The monoisotopic (exact) mass is 321 g/mol. The van der Waals surface area contributed by atoms with Gasteiger partial charge in [-0.3, -0.25) is 9.78 Å². The van der Waals surface area contributed by atoms with E-state index < -0.39 is 0 Å². The molecule has 0 aliphatic heterocycles. The molecule has 1 aromatic carbocycles. The molecule has 0 saturated carbocycles. The Labute approximate surface area is 119 Å². The summed E-state index contributed by atoms with van der Waals surface area (Å²) >= 11 is 3.38. The Balaban J connectivity index is 2.48. The Morgan fingerprint density at radius 3 is 2.26 bits per heavy atom. The molecular formula is C14H12BrNO3. The number of aromatic nitrogens is 1. The minimum atomic E-state index is -0.102. The number of nitrogens with zero attached hydrogens (tertiary/aromatic N) is 1. The molecule has 0 bridgehead atoms. The fraction of sp³-hybridized carbons (Fsp3) is 0.143. The van der Waals surface area contributed by atoms with Crippen molar-refractivity contribution in [2.75, 3.05) is 14.2 Å². The van der Waals surface area contributed by atoms with Gasteiger partial charge in [0.25, 0.3) is 0 Å². The average Bonchev–Trinajstić information content (AvgIpc) is 2.47. The molecule has 0 radical (unpaired) electrons. The van der Waals surface area contributed by atoms with Crippen molar-refractivity contribution in [2.45, 2.75) is 0 Å². The highest BCUT2D eigenvalue weighted by Gasteiger charge is 2.16. The topological polar surface area (TPSA) is 48.4 Å². The summed E-state index contributed by atoms with van der Waals surface area (Å²) in [5.41, 5.74) is 1.09. The number of ether oxygens (including phenoxy) is 2. The fourth-order valence-electron chi connectivity index (χ4n) is 1.69. The van der Waals surface area contributed by atoms with Crippen molar-refractivity contribution in [3.63, 3.8) is 0 Å². The molecule has 0 unspecified atom stereocenters. The first kappa shape index (κ1) is 13.5. The molecule has 2 aromatic rings. The Bertz CT molecular complexity index is 599. The number of carbonyl (C=O) groups excluding carboxylic acids is 1. The summed E-state index contributed by atoms with van der Waals surface area (Å²) in [6.07, 6.45) is 3.17. The van der Waals surface area contributed by atoms with Gasteiger partial charge >= 0.3 is 0 Å². The molecule has 0 amide bonds. The maximum Gasteiger partial charge on any atom is 0.194 e. The maximum atomic E-state index is 12.4. The van der Waals surface area contributed by atoms with E-state index in [4.69, 9.17) is 9.47 Å². The number of carbonyl (C=O) groups is 1. The van der Waals surface area contributed by atoms with E-state index >= 15 is 0 Å². The molecular weight excluding hydrogens is 310 g/mol. The van der Waals surface area contributed by atoms with Crippen molar-refractivity contribution in [3.05, 3.63) is 52.3 Å². The molecule has 0 spiro atoms. The van der Waals surface area contributed by atoms with Crippen LogP contribution in [0.1, 0.15) is 15.9 Å². The first-order valence-corrected chi connectivity index (χ1v) is 6.33. The standard InChI is InChI=1S/C14H12BrNO3/c1-18-12-7-10(11(15)8-13(12)19-2)14(17)9-3-5-16-6-4-9/h3-8H,1-2H3. The first-order valence-electron chi connectivity index (χ1n) is 5.53. The third kappa shape index (κ3) is 2.76. The lowest BCUT2D eigenvalue weighted by Crippen LogP contribution is -2.04. The van der Waals surface area contributed by atoms with Crippen LogP contribution in [0.15, 0.2) is 41.1 Å². The summed E-state index contributed by atoms with van der Waals surface area (Å²) in [7, 11) is 3.08. The van der Waals surface area contributed by atoms with E-state index in [9.17, 15) is 4.79 Å². The maximum absolute atomic E-state index is 12.4. The van der Waals surface area contributed by atoms with Crippen LogP contribution in [0.4, 0.5) is 0 Å².